The molecule has 1 N–H and O–H groups in total. The summed E-state index contributed by atoms with van der Waals surface area (Å²) in [6.45, 7) is 4.49. The van der Waals surface area contributed by atoms with E-state index in [0.29, 0.717) is 12.3 Å². The van der Waals surface area contributed by atoms with Crippen molar-refractivity contribution in [2.75, 3.05) is 0 Å². The molecule has 0 fully saturated rings. The first-order valence-corrected chi connectivity index (χ1v) is 9.24. The van der Waals surface area contributed by atoms with E-state index in [9.17, 15) is 14.9 Å². The molecule has 1 aromatic carbocycles. The van der Waals surface area contributed by atoms with Crippen LogP contribution in [0, 0.1) is 10.1 Å². The number of nitro benzene ring substituents is 1. The highest BCUT2D eigenvalue weighted by molar-refractivity contribution is 6.32. The number of benzene rings is 1. The Morgan fingerprint density at radius 3 is 2.90 bits per heavy atom. The van der Waals surface area contributed by atoms with Gasteiger partial charge in [-0.25, -0.2) is 0 Å². The summed E-state index contributed by atoms with van der Waals surface area (Å²) in [5.74, 6) is 0.290. The van der Waals surface area contributed by atoms with Crippen LogP contribution in [-0.2, 0) is 13.2 Å². The van der Waals surface area contributed by atoms with Crippen molar-refractivity contribution in [1.82, 2.24) is 15.1 Å². The number of nitrogens with zero attached hydrogens (tertiary/aromatic N) is 3. The maximum atomic E-state index is 12.4. The molecule has 1 unspecified atom stereocenters. The van der Waals surface area contributed by atoms with Crippen molar-refractivity contribution >= 4 is 23.2 Å². The standard InChI is InChI=1S/C19H19ClN4O5/c1-3-23-16(8-9-21-23)12(2)22-19(25)17-7-5-14(29-17)11-28-18-10-13(24(26)27)4-6-15(18)20/h4-10,12H,3,11H2,1-2H3,(H,22,25). The molecule has 3 aromatic rings. The molecule has 0 spiro atoms. The fourth-order valence-electron chi connectivity index (χ4n) is 2.76. The lowest BCUT2D eigenvalue weighted by molar-refractivity contribution is -0.384. The van der Waals surface area contributed by atoms with Crippen molar-refractivity contribution in [3.05, 3.63) is 74.9 Å². The molecule has 0 saturated carbocycles. The molecule has 2 heterocycles. The van der Waals surface area contributed by atoms with Crippen LogP contribution < -0.4 is 10.1 Å². The molecule has 0 saturated heterocycles. The molecule has 3 rings (SSSR count). The molecule has 0 aliphatic heterocycles. The Kier molecular flexibility index (Phi) is 6.18. The summed E-state index contributed by atoms with van der Waals surface area (Å²) in [6, 6.07) is 8.64. The van der Waals surface area contributed by atoms with Gasteiger partial charge in [-0.15, -0.1) is 0 Å². The summed E-state index contributed by atoms with van der Waals surface area (Å²) in [5, 5.41) is 18.2. The number of rotatable bonds is 8. The van der Waals surface area contributed by atoms with E-state index in [-0.39, 0.29) is 40.8 Å². The van der Waals surface area contributed by atoms with Gasteiger partial charge in [-0.05, 0) is 38.1 Å². The largest absolute Gasteiger partial charge is 0.484 e. The number of non-ortho nitro benzene ring substituents is 1. The molecular formula is C19H19ClN4O5. The Morgan fingerprint density at radius 1 is 1.38 bits per heavy atom. The molecule has 0 bridgehead atoms. The second kappa shape index (κ2) is 8.78. The van der Waals surface area contributed by atoms with Crippen LogP contribution in [0.5, 0.6) is 5.75 Å². The normalized spacial score (nSPS) is 11.8. The number of halogens is 1. The Hall–Kier alpha value is -3.33. The summed E-state index contributed by atoms with van der Waals surface area (Å²) >= 11 is 6.00. The minimum absolute atomic E-state index is 0.0354. The minimum atomic E-state index is -0.538. The number of ether oxygens (including phenoxy) is 1. The van der Waals surface area contributed by atoms with Crippen LogP contribution >= 0.6 is 11.6 Å². The van der Waals surface area contributed by atoms with Crippen LogP contribution in [-0.4, -0.2) is 20.6 Å². The number of nitrogens with one attached hydrogen (secondary N) is 1. The Labute approximate surface area is 171 Å². The quantitative estimate of drug-likeness (QED) is 0.434. The van der Waals surface area contributed by atoms with Crippen molar-refractivity contribution in [3.8, 4) is 5.75 Å². The first kappa shape index (κ1) is 20.4. The highest BCUT2D eigenvalue weighted by Gasteiger charge is 2.18. The third kappa shape index (κ3) is 4.75. The molecule has 1 atom stereocenters. The highest BCUT2D eigenvalue weighted by atomic mass is 35.5. The Morgan fingerprint density at radius 2 is 2.17 bits per heavy atom. The highest BCUT2D eigenvalue weighted by Crippen LogP contribution is 2.29. The number of amides is 1. The lowest BCUT2D eigenvalue weighted by Crippen LogP contribution is -2.28. The van der Waals surface area contributed by atoms with E-state index in [4.69, 9.17) is 20.8 Å². The third-order valence-electron chi connectivity index (χ3n) is 4.22. The van der Waals surface area contributed by atoms with Crippen LogP contribution in [0.25, 0.3) is 0 Å². The van der Waals surface area contributed by atoms with Gasteiger partial charge in [0, 0.05) is 18.8 Å². The average Bonchev–Trinajstić information content (AvgIpc) is 3.36. The van der Waals surface area contributed by atoms with Gasteiger partial charge >= 0.3 is 0 Å². The zero-order valence-electron chi connectivity index (χ0n) is 15.8. The molecule has 0 aliphatic rings. The van der Waals surface area contributed by atoms with Crippen molar-refractivity contribution in [2.24, 2.45) is 0 Å². The third-order valence-corrected chi connectivity index (χ3v) is 4.53. The van der Waals surface area contributed by atoms with Gasteiger partial charge in [0.15, 0.2) is 5.76 Å². The fraction of sp³-hybridized carbons (Fsp3) is 0.263. The van der Waals surface area contributed by atoms with E-state index < -0.39 is 4.92 Å². The minimum Gasteiger partial charge on any atom is -0.484 e. The predicted molar refractivity (Wildman–Crippen MR) is 105 cm³/mol. The number of aryl methyl sites for hydroxylation is 1. The van der Waals surface area contributed by atoms with Crippen LogP contribution in [0.3, 0.4) is 0 Å². The van der Waals surface area contributed by atoms with Gasteiger partial charge < -0.3 is 14.5 Å². The molecule has 0 radical (unpaired) electrons. The van der Waals surface area contributed by atoms with E-state index in [1.807, 2.05) is 19.9 Å². The molecule has 0 aliphatic carbocycles. The average molecular weight is 419 g/mol. The summed E-state index contributed by atoms with van der Waals surface area (Å²) in [6.07, 6.45) is 1.68. The van der Waals surface area contributed by atoms with Gasteiger partial charge in [0.2, 0.25) is 0 Å². The number of carbonyl (C=O) groups excluding carboxylic acids is 1. The Balaban J connectivity index is 1.63. The zero-order valence-corrected chi connectivity index (χ0v) is 16.5. The maximum Gasteiger partial charge on any atom is 0.287 e. The molecule has 29 heavy (non-hydrogen) atoms. The van der Waals surface area contributed by atoms with Gasteiger partial charge in [-0.1, -0.05) is 11.6 Å². The molecule has 152 valence electrons. The molecular weight excluding hydrogens is 400 g/mol. The van der Waals surface area contributed by atoms with E-state index >= 15 is 0 Å². The van der Waals surface area contributed by atoms with Crippen LogP contribution in [0.1, 0.15) is 41.9 Å². The zero-order chi connectivity index (χ0) is 21.0. The van der Waals surface area contributed by atoms with Crippen molar-refractivity contribution in [3.63, 3.8) is 0 Å². The SMILES string of the molecule is CCn1nccc1C(C)NC(=O)c1ccc(COc2cc([N+](=O)[O-])ccc2Cl)o1. The van der Waals surface area contributed by atoms with Gasteiger partial charge in [0.05, 0.1) is 27.7 Å². The summed E-state index contributed by atoms with van der Waals surface area (Å²) in [7, 11) is 0. The van der Waals surface area contributed by atoms with E-state index in [0.717, 1.165) is 5.69 Å². The van der Waals surface area contributed by atoms with E-state index in [2.05, 4.69) is 10.4 Å². The lowest BCUT2D eigenvalue weighted by atomic mass is 10.2. The first-order chi connectivity index (χ1) is 13.9. The van der Waals surface area contributed by atoms with Gasteiger partial charge in [0.25, 0.3) is 11.6 Å². The molecule has 9 nitrogen and oxygen atoms in total. The summed E-state index contributed by atoms with van der Waals surface area (Å²) in [5.41, 5.74) is 0.750. The number of hydrogen-bond donors (Lipinski definition) is 1. The van der Waals surface area contributed by atoms with Crippen LogP contribution in [0.15, 0.2) is 47.0 Å². The van der Waals surface area contributed by atoms with Gasteiger partial charge in [-0.2, -0.15) is 5.10 Å². The number of furan rings is 1. The summed E-state index contributed by atoms with van der Waals surface area (Å²) in [4.78, 5) is 22.8. The van der Waals surface area contributed by atoms with Crippen LogP contribution in [0.4, 0.5) is 5.69 Å². The monoisotopic (exact) mass is 418 g/mol. The van der Waals surface area contributed by atoms with Crippen molar-refractivity contribution in [1.29, 1.82) is 0 Å². The first-order valence-electron chi connectivity index (χ1n) is 8.87. The van der Waals surface area contributed by atoms with Crippen molar-refractivity contribution in [2.45, 2.75) is 33.0 Å². The lowest BCUT2D eigenvalue weighted by Gasteiger charge is -2.14. The van der Waals surface area contributed by atoms with Crippen LogP contribution in [0.2, 0.25) is 5.02 Å². The second-order valence-corrected chi connectivity index (χ2v) is 6.60. The number of carbonyl (C=O) groups is 1. The maximum absolute atomic E-state index is 12.4. The fourth-order valence-corrected chi connectivity index (χ4v) is 2.93. The van der Waals surface area contributed by atoms with Gasteiger partial charge in [-0.3, -0.25) is 19.6 Å². The predicted octanol–water partition coefficient (Wildman–Crippen LogP) is 4.13. The molecule has 1 amide bonds. The van der Waals surface area contributed by atoms with Gasteiger partial charge in [0.1, 0.15) is 18.1 Å². The smallest absolute Gasteiger partial charge is 0.287 e. The van der Waals surface area contributed by atoms with Crippen molar-refractivity contribution < 1.29 is 18.9 Å². The summed E-state index contributed by atoms with van der Waals surface area (Å²) < 4.78 is 12.8. The Bertz CT molecular complexity index is 1030. The number of hydrogen-bond acceptors (Lipinski definition) is 6. The van der Waals surface area contributed by atoms with E-state index in [1.54, 1.807) is 16.9 Å². The number of aromatic nitrogens is 2. The number of nitro groups is 1. The topological polar surface area (TPSA) is 112 Å². The molecule has 2 aromatic heterocycles. The van der Waals surface area contributed by atoms with E-state index in [1.165, 1.54) is 24.3 Å². The molecule has 10 heteroatoms. The second-order valence-electron chi connectivity index (χ2n) is 6.19.